The second kappa shape index (κ2) is 6.48. The molecule has 5 heteroatoms. The molecule has 2 saturated heterocycles. The van der Waals surface area contributed by atoms with Gasteiger partial charge in [-0.3, -0.25) is 9.59 Å². The van der Waals surface area contributed by atoms with Crippen LogP contribution in [0.4, 0.5) is 5.69 Å². The van der Waals surface area contributed by atoms with Gasteiger partial charge in [-0.1, -0.05) is 0 Å². The number of likely N-dealkylation sites (tertiary alicyclic amines) is 1. The van der Waals surface area contributed by atoms with E-state index >= 15 is 0 Å². The molecule has 1 aromatic carbocycles. The third-order valence-corrected chi connectivity index (χ3v) is 4.35. The van der Waals surface area contributed by atoms with Crippen LogP contribution in [0.25, 0.3) is 0 Å². The number of rotatable bonds is 3. The van der Waals surface area contributed by atoms with E-state index in [1.165, 1.54) is 0 Å². The summed E-state index contributed by atoms with van der Waals surface area (Å²) in [5, 5.41) is 2.90. The molecular formula is C17H22N2O3. The van der Waals surface area contributed by atoms with Crippen molar-refractivity contribution in [3.05, 3.63) is 29.3 Å². The maximum atomic E-state index is 12.4. The number of ether oxygens (including phenoxy) is 1. The van der Waals surface area contributed by atoms with Gasteiger partial charge >= 0.3 is 0 Å². The Morgan fingerprint density at radius 3 is 2.64 bits per heavy atom. The lowest BCUT2D eigenvalue weighted by molar-refractivity contribution is -0.124. The van der Waals surface area contributed by atoms with Crippen LogP contribution in [0.3, 0.4) is 0 Å². The Labute approximate surface area is 130 Å². The molecule has 1 N–H and O–H groups in total. The fraction of sp³-hybridized carbons (Fsp3) is 0.529. The Morgan fingerprint density at radius 1 is 1.23 bits per heavy atom. The van der Waals surface area contributed by atoms with E-state index in [1.807, 2.05) is 24.0 Å². The molecule has 0 aromatic heterocycles. The van der Waals surface area contributed by atoms with E-state index < -0.39 is 0 Å². The summed E-state index contributed by atoms with van der Waals surface area (Å²) in [7, 11) is 0. The van der Waals surface area contributed by atoms with Crippen LogP contribution < -0.4 is 5.32 Å². The van der Waals surface area contributed by atoms with Gasteiger partial charge in [0.2, 0.25) is 0 Å². The van der Waals surface area contributed by atoms with Gasteiger partial charge in [0.1, 0.15) is 6.10 Å². The normalized spacial score (nSPS) is 21.1. The summed E-state index contributed by atoms with van der Waals surface area (Å²) in [5.41, 5.74) is 2.34. The first kappa shape index (κ1) is 15.0. The van der Waals surface area contributed by atoms with Crippen molar-refractivity contribution in [2.45, 2.75) is 38.7 Å². The van der Waals surface area contributed by atoms with Gasteiger partial charge in [-0.25, -0.2) is 0 Å². The molecule has 22 heavy (non-hydrogen) atoms. The maximum absolute atomic E-state index is 12.4. The number of carbonyl (C=O) groups is 2. The molecule has 2 aliphatic heterocycles. The van der Waals surface area contributed by atoms with Crippen LogP contribution in [-0.4, -0.2) is 42.5 Å². The Balaban J connectivity index is 1.68. The minimum absolute atomic E-state index is 0.0811. The van der Waals surface area contributed by atoms with Gasteiger partial charge < -0.3 is 15.0 Å². The van der Waals surface area contributed by atoms with Crippen molar-refractivity contribution in [1.29, 1.82) is 0 Å². The van der Waals surface area contributed by atoms with Crippen molar-refractivity contribution in [2.75, 3.05) is 25.0 Å². The van der Waals surface area contributed by atoms with Crippen molar-refractivity contribution < 1.29 is 14.3 Å². The molecule has 118 valence electrons. The van der Waals surface area contributed by atoms with Crippen LogP contribution in [0.15, 0.2) is 18.2 Å². The third kappa shape index (κ3) is 3.14. The molecular weight excluding hydrogens is 280 g/mol. The Morgan fingerprint density at radius 2 is 2.00 bits per heavy atom. The molecule has 2 aliphatic rings. The zero-order valence-electron chi connectivity index (χ0n) is 12.9. The average Bonchev–Trinajstić information content (AvgIpc) is 3.21. The fourth-order valence-electron chi connectivity index (χ4n) is 3.04. The first-order valence-corrected chi connectivity index (χ1v) is 7.97. The van der Waals surface area contributed by atoms with Crippen LogP contribution in [0.5, 0.6) is 0 Å². The molecule has 2 amide bonds. The molecule has 1 unspecified atom stereocenters. The molecule has 2 fully saturated rings. The number of nitrogens with zero attached hydrogens (tertiary/aromatic N) is 1. The lowest BCUT2D eigenvalue weighted by atomic mass is 10.1. The van der Waals surface area contributed by atoms with E-state index in [4.69, 9.17) is 4.74 Å². The number of benzene rings is 1. The number of aryl methyl sites for hydroxylation is 1. The first-order valence-electron chi connectivity index (χ1n) is 7.97. The van der Waals surface area contributed by atoms with Crippen molar-refractivity contribution in [3.63, 3.8) is 0 Å². The Kier molecular flexibility index (Phi) is 4.43. The highest BCUT2D eigenvalue weighted by Gasteiger charge is 2.24. The highest BCUT2D eigenvalue weighted by atomic mass is 16.5. The van der Waals surface area contributed by atoms with Gasteiger partial charge in [0.25, 0.3) is 11.8 Å². The third-order valence-electron chi connectivity index (χ3n) is 4.35. The van der Waals surface area contributed by atoms with Gasteiger partial charge in [0, 0.05) is 30.9 Å². The second-order valence-electron chi connectivity index (χ2n) is 6.02. The van der Waals surface area contributed by atoms with E-state index in [1.54, 1.807) is 6.07 Å². The van der Waals surface area contributed by atoms with E-state index in [-0.39, 0.29) is 17.9 Å². The topological polar surface area (TPSA) is 58.6 Å². The highest BCUT2D eigenvalue weighted by molar-refractivity contribution is 5.97. The van der Waals surface area contributed by atoms with Gasteiger partial charge in [0.05, 0.1) is 0 Å². The van der Waals surface area contributed by atoms with E-state index in [2.05, 4.69) is 5.32 Å². The number of amides is 2. The molecule has 1 aromatic rings. The van der Waals surface area contributed by atoms with E-state index in [9.17, 15) is 9.59 Å². The van der Waals surface area contributed by atoms with Crippen LogP contribution in [-0.2, 0) is 9.53 Å². The lowest BCUT2D eigenvalue weighted by Gasteiger charge is -2.17. The molecule has 0 saturated carbocycles. The minimum atomic E-state index is -0.342. The summed E-state index contributed by atoms with van der Waals surface area (Å²) in [5.74, 6) is -0.0168. The number of nitrogens with one attached hydrogen (secondary N) is 1. The summed E-state index contributed by atoms with van der Waals surface area (Å²) in [6.07, 6.45) is 3.53. The average molecular weight is 302 g/mol. The van der Waals surface area contributed by atoms with Gasteiger partial charge in [0.15, 0.2) is 0 Å². The standard InChI is InChI=1S/C17H22N2O3/c1-12-11-13(17(21)19-8-2-3-9-19)6-7-14(12)18-16(20)15-5-4-10-22-15/h6-7,11,15H,2-5,8-10H2,1H3,(H,18,20). The zero-order valence-corrected chi connectivity index (χ0v) is 12.9. The fourth-order valence-corrected chi connectivity index (χ4v) is 3.04. The van der Waals surface area contributed by atoms with Crippen molar-refractivity contribution in [1.82, 2.24) is 4.90 Å². The van der Waals surface area contributed by atoms with Crippen molar-refractivity contribution in [3.8, 4) is 0 Å². The van der Waals surface area contributed by atoms with E-state index in [0.717, 1.165) is 50.0 Å². The van der Waals surface area contributed by atoms with Crippen LogP contribution in [0, 0.1) is 6.92 Å². The quantitative estimate of drug-likeness (QED) is 0.932. The number of hydrogen-bond acceptors (Lipinski definition) is 3. The van der Waals surface area contributed by atoms with Gasteiger partial charge in [-0.2, -0.15) is 0 Å². The molecule has 0 spiro atoms. The summed E-state index contributed by atoms with van der Waals surface area (Å²) in [6.45, 7) is 4.25. The number of carbonyl (C=O) groups excluding carboxylic acids is 2. The molecule has 3 rings (SSSR count). The molecule has 0 radical (unpaired) electrons. The minimum Gasteiger partial charge on any atom is -0.368 e. The smallest absolute Gasteiger partial charge is 0.253 e. The van der Waals surface area contributed by atoms with Crippen molar-refractivity contribution in [2.24, 2.45) is 0 Å². The van der Waals surface area contributed by atoms with Crippen LogP contribution in [0.1, 0.15) is 41.6 Å². The van der Waals surface area contributed by atoms with Crippen LogP contribution in [0.2, 0.25) is 0 Å². The molecule has 5 nitrogen and oxygen atoms in total. The molecule has 2 heterocycles. The number of anilines is 1. The monoisotopic (exact) mass is 302 g/mol. The van der Waals surface area contributed by atoms with Crippen molar-refractivity contribution >= 4 is 17.5 Å². The maximum Gasteiger partial charge on any atom is 0.253 e. The predicted octanol–water partition coefficient (Wildman–Crippen LogP) is 2.35. The Bertz CT molecular complexity index is 573. The summed E-state index contributed by atoms with van der Waals surface area (Å²) in [4.78, 5) is 26.3. The number of hydrogen-bond donors (Lipinski definition) is 1. The van der Waals surface area contributed by atoms with E-state index in [0.29, 0.717) is 12.2 Å². The summed E-state index contributed by atoms with van der Waals surface area (Å²) < 4.78 is 5.38. The van der Waals surface area contributed by atoms with Gasteiger partial charge in [-0.05, 0) is 56.4 Å². The predicted molar refractivity (Wildman–Crippen MR) is 83.9 cm³/mol. The lowest BCUT2D eigenvalue weighted by Crippen LogP contribution is -2.28. The summed E-state index contributed by atoms with van der Waals surface area (Å²) in [6, 6.07) is 5.45. The largest absolute Gasteiger partial charge is 0.368 e. The zero-order chi connectivity index (χ0) is 15.5. The molecule has 0 aliphatic carbocycles. The summed E-state index contributed by atoms with van der Waals surface area (Å²) >= 11 is 0. The highest BCUT2D eigenvalue weighted by Crippen LogP contribution is 2.21. The van der Waals surface area contributed by atoms with Gasteiger partial charge in [-0.15, -0.1) is 0 Å². The van der Waals surface area contributed by atoms with Crippen LogP contribution >= 0.6 is 0 Å². The SMILES string of the molecule is Cc1cc(C(=O)N2CCCC2)ccc1NC(=O)C1CCCO1. The second-order valence-corrected chi connectivity index (χ2v) is 6.02. The molecule has 1 atom stereocenters. The molecule has 0 bridgehead atoms. The Hall–Kier alpha value is -1.88. The first-order chi connectivity index (χ1) is 10.6.